The molecule has 1 saturated heterocycles. The van der Waals surface area contributed by atoms with Crippen molar-refractivity contribution in [2.75, 3.05) is 31.6 Å². The molecule has 1 amide bonds. The smallest absolute Gasteiger partial charge is 0.410 e. The predicted molar refractivity (Wildman–Crippen MR) is 95.6 cm³/mol. The van der Waals surface area contributed by atoms with Crippen molar-refractivity contribution in [1.82, 2.24) is 14.9 Å². The van der Waals surface area contributed by atoms with Gasteiger partial charge in [-0.05, 0) is 46.5 Å². The maximum Gasteiger partial charge on any atom is 0.410 e. The first-order valence-electron chi connectivity index (χ1n) is 8.34. The molecule has 1 aromatic heterocycles. The minimum atomic E-state index is -0.459. The molecule has 1 fully saturated rings. The lowest BCUT2D eigenvalue weighted by Crippen LogP contribution is -2.41. The fraction of sp³-hybridized carbons (Fsp3) is 0.706. The van der Waals surface area contributed by atoms with Gasteiger partial charge in [0.2, 0.25) is 0 Å². The van der Waals surface area contributed by atoms with Crippen LogP contribution in [-0.4, -0.2) is 53.2 Å². The summed E-state index contributed by atoms with van der Waals surface area (Å²) in [5.41, 5.74) is -0.459. The molecule has 0 unspecified atom stereocenters. The van der Waals surface area contributed by atoms with Gasteiger partial charge in [-0.3, -0.25) is 0 Å². The first kappa shape index (κ1) is 18.8. The van der Waals surface area contributed by atoms with E-state index in [1.54, 1.807) is 11.9 Å². The van der Waals surface area contributed by atoms with E-state index in [2.05, 4.69) is 14.9 Å². The summed E-state index contributed by atoms with van der Waals surface area (Å²) >= 11 is 6.02. The molecule has 2 heterocycles. The summed E-state index contributed by atoms with van der Waals surface area (Å²) in [5, 5.41) is 0.476. The molecule has 1 aliphatic heterocycles. The van der Waals surface area contributed by atoms with E-state index in [9.17, 15) is 4.79 Å². The third-order valence-corrected chi connectivity index (χ3v) is 4.16. The van der Waals surface area contributed by atoms with Crippen LogP contribution in [0, 0.1) is 12.8 Å². The summed E-state index contributed by atoms with van der Waals surface area (Å²) in [5.74, 6) is 2.04. The lowest BCUT2D eigenvalue weighted by molar-refractivity contribution is 0.0266. The standard InChI is InChI=1S/C17H27ClN4O2/c1-12-19-14(18)10-15(20-12)22-8-6-13(7-9-22)11-21(5)16(23)24-17(2,3)4/h10,13H,6-9,11H2,1-5H3. The van der Waals surface area contributed by atoms with Gasteiger partial charge in [-0.15, -0.1) is 0 Å². The molecule has 134 valence electrons. The Morgan fingerprint density at radius 2 is 2.00 bits per heavy atom. The zero-order valence-corrected chi connectivity index (χ0v) is 15.9. The summed E-state index contributed by atoms with van der Waals surface area (Å²) < 4.78 is 5.40. The average molecular weight is 355 g/mol. The Morgan fingerprint density at radius 3 is 2.54 bits per heavy atom. The van der Waals surface area contributed by atoms with Crippen molar-refractivity contribution in [3.8, 4) is 0 Å². The number of hydrogen-bond acceptors (Lipinski definition) is 5. The molecular formula is C17H27ClN4O2. The van der Waals surface area contributed by atoms with Crippen molar-refractivity contribution in [1.29, 1.82) is 0 Å². The first-order valence-corrected chi connectivity index (χ1v) is 8.72. The Labute approximate surface area is 149 Å². The van der Waals surface area contributed by atoms with Crippen molar-refractivity contribution < 1.29 is 9.53 Å². The van der Waals surface area contributed by atoms with Crippen molar-refractivity contribution >= 4 is 23.5 Å². The van der Waals surface area contributed by atoms with Gasteiger partial charge in [0.15, 0.2) is 0 Å². The minimum absolute atomic E-state index is 0.261. The molecule has 24 heavy (non-hydrogen) atoms. The maximum atomic E-state index is 12.1. The van der Waals surface area contributed by atoms with Gasteiger partial charge < -0.3 is 14.5 Å². The Hall–Kier alpha value is -1.56. The van der Waals surface area contributed by atoms with Crippen LogP contribution < -0.4 is 4.90 Å². The molecule has 2 rings (SSSR count). The van der Waals surface area contributed by atoms with Crippen molar-refractivity contribution in [2.24, 2.45) is 5.92 Å². The second-order valence-electron chi connectivity index (χ2n) is 7.39. The fourth-order valence-corrected chi connectivity index (χ4v) is 3.04. The molecule has 1 aliphatic rings. The predicted octanol–water partition coefficient (Wildman–Crippen LogP) is 3.52. The monoisotopic (exact) mass is 354 g/mol. The number of ether oxygens (including phenoxy) is 1. The largest absolute Gasteiger partial charge is 0.444 e. The molecular weight excluding hydrogens is 328 g/mol. The van der Waals surface area contributed by atoms with Gasteiger partial charge in [0.1, 0.15) is 22.4 Å². The topological polar surface area (TPSA) is 58.6 Å². The van der Waals surface area contributed by atoms with Gasteiger partial charge >= 0.3 is 6.09 Å². The van der Waals surface area contributed by atoms with E-state index in [0.29, 0.717) is 23.4 Å². The Kier molecular flexibility index (Phi) is 5.91. The number of piperidine rings is 1. The number of halogens is 1. The van der Waals surface area contributed by atoms with Gasteiger partial charge in [0.05, 0.1) is 0 Å². The normalized spacial score (nSPS) is 16.2. The minimum Gasteiger partial charge on any atom is -0.444 e. The number of carbonyl (C=O) groups is 1. The molecule has 0 saturated carbocycles. The van der Waals surface area contributed by atoms with E-state index < -0.39 is 5.60 Å². The van der Waals surface area contributed by atoms with Crippen molar-refractivity contribution in [3.63, 3.8) is 0 Å². The van der Waals surface area contributed by atoms with Crippen molar-refractivity contribution in [2.45, 2.75) is 46.1 Å². The van der Waals surface area contributed by atoms with Crippen LogP contribution in [0.2, 0.25) is 5.15 Å². The summed E-state index contributed by atoms with van der Waals surface area (Å²) in [6, 6.07) is 1.81. The highest BCUT2D eigenvalue weighted by Gasteiger charge is 2.25. The summed E-state index contributed by atoms with van der Waals surface area (Å²) in [6.45, 7) is 10.0. The van der Waals surface area contributed by atoms with Crippen LogP contribution in [-0.2, 0) is 4.74 Å². The Bertz CT molecular complexity index is 560. The highest BCUT2D eigenvalue weighted by Crippen LogP contribution is 2.24. The molecule has 0 N–H and O–H groups in total. The SMILES string of the molecule is Cc1nc(Cl)cc(N2CCC(CN(C)C(=O)OC(C)(C)C)CC2)n1. The van der Waals surface area contributed by atoms with Crippen LogP contribution in [0.4, 0.5) is 10.6 Å². The zero-order valence-electron chi connectivity index (χ0n) is 15.2. The number of amides is 1. The molecule has 0 radical (unpaired) electrons. The van der Waals surface area contributed by atoms with Crippen LogP contribution in [0.3, 0.4) is 0 Å². The molecule has 0 aromatic carbocycles. The Balaban J connectivity index is 1.85. The van der Waals surface area contributed by atoms with Crippen LogP contribution in [0.5, 0.6) is 0 Å². The Morgan fingerprint density at radius 1 is 1.38 bits per heavy atom. The number of nitrogens with zero attached hydrogens (tertiary/aromatic N) is 4. The molecule has 0 atom stereocenters. The van der Waals surface area contributed by atoms with Gasteiger partial charge in [0, 0.05) is 32.7 Å². The third-order valence-electron chi connectivity index (χ3n) is 3.97. The second-order valence-corrected chi connectivity index (χ2v) is 7.77. The van der Waals surface area contributed by atoms with Crippen LogP contribution in [0.15, 0.2) is 6.07 Å². The molecule has 0 spiro atoms. The number of hydrogen-bond donors (Lipinski definition) is 0. The number of aromatic nitrogens is 2. The van der Waals surface area contributed by atoms with Crippen LogP contribution in [0.25, 0.3) is 0 Å². The molecule has 0 aliphatic carbocycles. The quantitative estimate of drug-likeness (QED) is 0.777. The third kappa shape index (κ3) is 5.51. The molecule has 1 aromatic rings. The van der Waals surface area contributed by atoms with E-state index in [4.69, 9.17) is 16.3 Å². The van der Waals surface area contributed by atoms with Crippen molar-refractivity contribution in [3.05, 3.63) is 17.0 Å². The summed E-state index contributed by atoms with van der Waals surface area (Å²) in [4.78, 5) is 24.5. The average Bonchev–Trinajstić information content (AvgIpc) is 2.45. The van der Waals surface area contributed by atoms with Gasteiger partial charge in [-0.25, -0.2) is 14.8 Å². The van der Waals surface area contributed by atoms with Gasteiger partial charge in [0.25, 0.3) is 0 Å². The van der Waals surface area contributed by atoms with Gasteiger partial charge in [-0.2, -0.15) is 0 Å². The first-order chi connectivity index (χ1) is 11.1. The summed E-state index contributed by atoms with van der Waals surface area (Å²) in [7, 11) is 1.80. The van der Waals surface area contributed by atoms with Gasteiger partial charge in [-0.1, -0.05) is 11.6 Å². The zero-order chi connectivity index (χ0) is 17.9. The number of aryl methyl sites for hydroxylation is 1. The van der Waals surface area contributed by atoms with E-state index in [1.165, 1.54) is 0 Å². The lowest BCUT2D eigenvalue weighted by Gasteiger charge is -2.35. The maximum absolute atomic E-state index is 12.1. The van der Waals surface area contributed by atoms with E-state index in [1.807, 2.05) is 33.8 Å². The lowest BCUT2D eigenvalue weighted by atomic mass is 9.96. The van der Waals surface area contributed by atoms with E-state index in [-0.39, 0.29) is 6.09 Å². The summed E-state index contributed by atoms with van der Waals surface area (Å²) in [6.07, 6.45) is 1.75. The highest BCUT2D eigenvalue weighted by atomic mass is 35.5. The molecule has 0 bridgehead atoms. The van der Waals surface area contributed by atoms with E-state index in [0.717, 1.165) is 31.7 Å². The van der Waals surface area contributed by atoms with E-state index >= 15 is 0 Å². The highest BCUT2D eigenvalue weighted by molar-refractivity contribution is 6.29. The molecule has 7 heteroatoms. The number of rotatable bonds is 3. The van der Waals surface area contributed by atoms with Crippen LogP contribution >= 0.6 is 11.6 Å². The fourth-order valence-electron chi connectivity index (χ4n) is 2.82. The number of carbonyl (C=O) groups excluding carboxylic acids is 1. The second kappa shape index (κ2) is 7.55. The number of anilines is 1. The molecule has 6 nitrogen and oxygen atoms in total. The van der Waals surface area contributed by atoms with Crippen LogP contribution in [0.1, 0.15) is 39.4 Å².